The minimum absolute atomic E-state index is 0. The molecule has 0 fully saturated rings. The van der Waals surface area contributed by atoms with Crippen molar-refractivity contribution in [3.63, 3.8) is 0 Å². The van der Waals surface area contributed by atoms with Crippen LogP contribution in [0.3, 0.4) is 0 Å². The zero-order valence-corrected chi connectivity index (χ0v) is 11.4. The molecule has 0 atom stereocenters. The van der Waals surface area contributed by atoms with Crippen LogP contribution in [0.5, 0.6) is 0 Å². The number of carbonyl (C=O) groups excluding carboxylic acids is 1. The SMILES string of the molecule is Cc1sc(CNC(=O)CN)nc1C(C)C.Cl. The standard InChI is InChI=1S/C10H17N3OS.ClH/c1-6(2)10-7(3)15-9(13-10)5-12-8(14)4-11;/h6H,4-5,11H2,1-3H3,(H,12,14);1H. The van der Waals surface area contributed by atoms with Crippen LogP contribution in [-0.2, 0) is 11.3 Å². The highest BCUT2D eigenvalue weighted by atomic mass is 35.5. The van der Waals surface area contributed by atoms with Crippen molar-refractivity contribution in [2.45, 2.75) is 33.2 Å². The molecule has 1 rings (SSSR count). The molecule has 0 saturated heterocycles. The Morgan fingerprint density at radius 3 is 2.62 bits per heavy atom. The summed E-state index contributed by atoms with van der Waals surface area (Å²) in [5, 5.41) is 3.65. The van der Waals surface area contributed by atoms with Crippen LogP contribution < -0.4 is 11.1 Å². The Balaban J connectivity index is 0.00000225. The number of nitrogens with two attached hydrogens (primary N) is 1. The molecule has 0 saturated carbocycles. The van der Waals surface area contributed by atoms with Gasteiger partial charge in [0, 0.05) is 4.88 Å². The number of aryl methyl sites for hydroxylation is 1. The van der Waals surface area contributed by atoms with Crippen molar-refractivity contribution >= 4 is 29.7 Å². The predicted molar refractivity (Wildman–Crippen MR) is 69.1 cm³/mol. The minimum Gasteiger partial charge on any atom is -0.348 e. The van der Waals surface area contributed by atoms with E-state index >= 15 is 0 Å². The van der Waals surface area contributed by atoms with E-state index in [1.807, 2.05) is 0 Å². The summed E-state index contributed by atoms with van der Waals surface area (Å²) in [6, 6.07) is 0. The fourth-order valence-corrected chi connectivity index (χ4v) is 2.35. The van der Waals surface area contributed by atoms with Crippen LogP contribution in [0.4, 0.5) is 0 Å². The second kappa shape index (κ2) is 6.83. The number of nitrogens with one attached hydrogen (secondary N) is 1. The second-order valence-electron chi connectivity index (χ2n) is 3.68. The monoisotopic (exact) mass is 263 g/mol. The van der Waals surface area contributed by atoms with Crippen LogP contribution in [0.2, 0.25) is 0 Å². The molecular weight excluding hydrogens is 246 g/mol. The van der Waals surface area contributed by atoms with Crippen molar-refractivity contribution in [3.05, 3.63) is 15.6 Å². The van der Waals surface area contributed by atoms with Gasteiger partial charge in [-0.2, -0.15) is 0 Å². The molecule has 1 aromatic heterocycles. The minimum atomic E-state index is -0.144. The van der Waals surface area contributed by atoms with Gasteiger partial charge in [0.25, 0.3) is 0 Å². The Hall–Kier alpha value is -0.650. The average Bonchev–Trinajstić information content (AvgIpc) is 2.56. The Bertz CT molecular complexity index is 352. The van der Waals surface area contributed by atoms with E-state index in [-0.39, 0.29) is 24.9 Å². The molecule has 92 valence electrons. The lowest BCUT2D eigenvalue weighted by molar-refractivity contribution is -0.119. The van der Waals surface area contributed by atoms with Gasteiger partial charge in [0.1, 0.15) is 5.01 Å². The first-order valence-corrected chi connectivity index (χ1v) is 5.79. The van der Waals surface area contributed by atoms with E-state index in [1.165, 1.54) is 4.88 Å². The zero-order chi connectivity index (χ0) is 11.4. The number of aromatic nitrogens is 1. The fourth-order valence-electron chi connectivity index (χ4n) is 1.32. The number of rotatable bonds is 4. The molecule has 0 aromatic carbocycles. The summed E-state index contributed by atoms with van der Waals surface area (Å²) in [4.78, 5) is 16.7. The third-order valence-electron chi connectivity index (χ3n) is 2.05. The van der Waals surface area contributed by atoms with Crippen molar-refractivity contribution in [1.82, 2.24) is 10.3 Å². The lowest BCUT2D eigenvalue weighted by Crippen LogP contribution is -2.29. The van der Waals surface area contributed by atoms with E-state index in [9.17, 15) is 4.79 Å². The Labute approximate surface area is 106 Å². The summed E-state index contributed by atoms with van der Waals surface area (Å²) in [5.74, 6) is 0.286. The molecule has 0 bridgehead atoms. The maximum atomic E-state index is 11.0. The van der Waals surface area contributed by atoms with Crippen LogP contribution in [0.1, 0.15) is 35.3 Å². The molecule has 1 heterocycles. The van der Waals surface area contributed by atoms with Gasteiger partial charge >= 0.3 is 0 Å². The quantitative estimate of drug-likeness (QED) is 0.867. The smallest absolute Gasteiger partial charge is 0.234 e. The van der Waals surface area contributed by atoms with Crippen molar-refractivity contribution < 1.29 is 4.79 Å². The van der Waals surface area contributed by atoms with Gasteiger partial charge in [-0.05, 0) is 12.8 Å². The van der Waals surface area contributed by atoms with Gasteiger partial charge in [0.05, 0.1) is 18.8 Å². The largest absolute Gasteiger partial charge is 0.348 e. The highest BCUT2D eigenvalue weighted by Gasteiger charge is 2.10. The summed E-state index contributed by atoms with van der Waals surface area (Å²) in [7, 11) is 0. The van der Waals surface area contributed by atoms with Gasteiger partial charge in [-0.1, -0.05) is 13.8 Å². The third kappa shape index (κ3) is 4.08. The summed E-state index contributed by atoms with van der Waals surface area (Å²) >= 11 is 1.63. The van der Waals surface area contributed by atoms with Gasteiger partial charge in [0.15, 0.2) is 0 Å². The van der Waals surface area contributed by atoms with Crippen LogP contribution >= 0.6 is 23.7 Å². The molecule has 6 heteroatoms. The zero-order valence-electron chi connectivity index (χ0n) is 9.74. The van der Waals surface area contributed by atoms with Gasteiger partial charge < -0.3 is 11.1 Å². The Morgan fingerprint density at radius 2 is 2.19 bits per heavy atom. The Kier molecular flexibility index (Phi) is 6.55. The maximum absolute atomic E-state index is 11.0. The molecule has 1 aromatic rings. The van der Waals surface area contributed by atoms with Crippen LogP contribution in [0, 0.1) is 6.92 Å². The molecule has 16 heavy (non-hydrogen) atoms. The number of amides is 1. The van der Waals surface area contributed by atoms with Crippen molar-refractivity contribution in [3.8, 4) is 0 Å². The van der Waals surface area contributed by atoms with E-state index in [0.29, 0.717) is 12.5 Å². The summed E-state index contributed by atoms with van der Waals surface area (Å²) < 4.78 is 0. The molecule has 4 nitrogen and oxygen atoms in total. The van der Waals surface area contributed by atoms with Gasteiger partial charge in [-0.15, -0.1) is 23.7 Å². The summed E-state index contributed by atoms with van der Waals surface area (Å²) in [6.07, 6.45) is 0. The fraction of sp³-hybridized carbons (Fsp3) is 0.600. The number of halogens is 1. The molecule has 0 spiro atoms. The highest BCUT2D eigenvalue weighted by Crippen LogP contribution is 2.23. The van der Waals surface area contributed by atoms with Gasteiger partial charge in [-0.25, -0.2) is 4.98 Å². The number of thiazole rings is 1. The van der Waals surface area contributed by atoms with Crippen molar-refractivity contribution in [1.29, 1.82) is 0 Å². The van der Waals surface area contributed by atoms with E-state index < -0.39 is 0 Å². The summed E-state index contributed by atoms with van der Waals surface area (Å²) in [6.45, 7) is 6.80. The average molecular weight is 264 g/mol. The third-order valence-corrected chi connectivity index (χ3v) is 3.03. The molecule has 0 aliphatic carbocycles. The normalized spacial score (nSPS) is 10.1. The molecule has 1 amide bonds. The lowest BCUT2D eigenvalue weighted by Gasteiger charge is -2.00. The molecule has 0 aliphatic heterocycles. The molecule has 0 radical (unpaired) electrons. The van der Waals surface area contributed by atoms with E-state index in [1.54, 1.807) is 11.3 Å². The first-order chi connectivity index (χ1) is 7.04. The lowest BCUT2D eigenvalue weighted by atomic mass is 10.1. The molecule has 3 N–H and O–H groups in total. The highest BCUT2D eigenvalue weighted by molar-refractivity contribution is 7.11. The topological polar surface area (TPSA) is 68.0 Å². The van der Waals surface area contributed by atoms with Crippen molar-refractivity contribution in [2.24, 2.45) is 5.73 Å². The number of hydrogen-bond donors (Lipinski definition) is 2. The van der Waals surface area contributed by atoms with Crippen LogP contribution in [0.25, 0.3) is 0 Å². The number of carbonyl (C=O) groups is 1. The summed E-state index contributed by atoms with van der Waals surface area (Å²) in [5.41, 5.74) is 6.31. The van der Waals surface area contributed by atoms with Gasteiger partial charge in [0.2, 0.25) is 5.91 Å². The number of nitrogens with zero attached hydrogens (tertiary/aromatic N) is 1. The predicted octanol–water partition coefficient (Wildman–Crippen LogP) is 1.57. The first-order valence-electron chi connectivity index (χ1n) is 4.97. The molecular formula is C10H18ClN3OS. The number of hydrogen-bond acceptors (Lipinski definition) is 4. The maximum Gasteiger partial charge on any atom is 0.234 e. The van der Waals surface area contributed by atoms with E-state index in [0.717, 1.165) is 10.7 Å². The Morgan fingerprint density at radius 1 is 1.56 bits per heavy atom. The van der Waals surface area contributed by atoms with E-state index in [4.69, 9.17) is 5.73 Å². The molecule has 0 unspecified atom stereocenters. The van der Waals surface area contributed by atoms with Gasteiger partial charge in [-0.3, -0.25) is 4.79 Å². The van der Waals surface area contributed by atoms with Crippen LogP contribution in [-0.4, -0.2) is 17.4 Å². The second-order valence-corrected chi connectivity index (χ2v) is 4.97. The molecule has 0 aliphatic rings. The first kappa shape index (κ1) is 15.3. The van der Waals surface area contributed by atoms with E-state index in [2.05, 4.69) is 31.1 Å². The van der Waals surface area contributed by atoms with Crippen molar-refractivity contribution in [2.75, 3.05) is 6.54 Å². The van der Waals surface area contributed by atoms with Crippen LogP contribution in [0.15, 0.2) is 0 Å².